The van der Waals surface area contributed by atoms with Crippen LogP contribution in [0.1, 0.15) is 23.3 Å². The maximum Gasteiger partial charge on any atom is 0.334 e. The molecule has 2 aromatic heterocycles. The van der Waals surface area contributed by atoms with E-state index in [2.05, 4.69) is 15.1 Å². The summed E-state index contributed by atoms with van der Waals surface area (Å²) in [7, 11) is -2.42. The molecule has 0 saturated carbocycles. The fraction of sp³-hybridized carbons (Fsp3) is 0.500. The van der Waals surface area contributed by atoms with Gasteiger partial charge >= 0.3 is 16.2 Å². The van der Waals surface area contributed by atoms with Gasteiger partial charge in [-0.25, -0.2) is 13.8 Å². The van der Waals surface area contributed by atoms with Crippen molar-refractivity contribution < 1.29 is 17.9 Å². The number of nitrogens with zero attached hydrogens (tertiary/aromatic N) is 3. The molecule has 1 saturated heterocycles. The summed E-state index contributed by atoms with van der Waals surface area (Å²) in [5, 5.41) is 8.61. The highest BCUT2D eigenvalue weighted by Gasteiger charge is 2.34. The van der Waals surface area contributed by atoms with E-state index in [9.17, 15) is 13.2 Å². The van der Waals surface area contributed by atoms with Crippen LogP contribution in [0.4, 0.5) is 16.2 Å². The zero-order valence-electron chi connectivity index (χ0n) is 15.4. The Morgan fingerprint density at radius 2 is 2.07 bits per heavy atom. The van der Waals surface area contributed by atoms with Crippen molar-refractivity contribution in [2.75, 3.05) is 22.8 Å². The van der Waals surface area contributed by atoms with Crippen LogP contribution in [0.15, 0.2) is 17.8 Å². The molecule has 148 valence electrons. The second kappa shape index (κ2) is 7.87. The van der Waals surface area contributed by atoms with Gasteiger partial charge in [0.1, 0.15) is 0 Å². The average molecular weight is 414 g/mol. The number of ether oxygens (including phenoxy) is 1. The van der Waals surface area contributed by atoms with Gasteiger partial charge < -0.3 is 10.1 Å². The third kappa shape index (κ3) is 4.42. The second-order valence-corrected chi connectivity index (χ2v) is 9.05. The summed E-state index contributed by atoms with van der Waals surface area (Å²) in [6.07, 6.45) is 4.17. The largest absolute Gasteiger partial charge is 0.381 e. The van der Waals surface area contributed by atoms with E-state index in [1.54, 1.807) is 13.2 Å². The summed E-state index contributed by atoms with van der Waals surface area (Å²) in [6, 6.07) is -1.10. The van der Waals surface area contributed by atoms with Gasteiger partial charge in [-0.15, -0.1) is 11.3 Å². The van der Waals surface area contributed by atoms with Crippen LogP contribution in [0.3, 0.4) is 0 Å². The molecule has 0 aromatic carbocycles. The monoisotopic (exact) mass is 413 g/mol. The molecule has 2 N–H and O–H groups in total. The maximum atomic E-state index is 13.0. The quantitative estimate of drug-likeness (QED) is 0.781. The highest BCUT2D eigenvalue weighted by atomic mass is 32.2. The molecule has 3 rings (SSSR count). The molecule has 0 radical (unpaired) electrons. The lowest BCUT2D eigenvalue weighted by atomic mass is 10.1. The van der Waals surface area contributed by atoms with Crippen LogP contribution in [-0.2, 0) is 22.0 Å². The Labute approximate surface area is 162 Å². The van der Waals surface area contributed by atoms with E-state index in [-0.39, 0.29) is 6.04 Å². The van der Waals surface area contributed by atoms with Crippen LogP contribution in [-0.4, -0.2) is 43.5 Å². The van der Waals surface area contributed by atoms with Crippen molar-refractivity contribution >= 4 is 39.0 Å². The van der Waals surface area contributed by atoms with Gasteiger partial charge in [-0.2, -0.15) is 13.5 Å². The number of anilines is 2. The highest BCUT2D eigenvalue weighted by molar-refractivity contribution is 7.91. The summed E-state index contributed by atoms with van der Waals surface area (Å²) in [5.41, 5.74) is 1.93. The number of aromatic nitrogens is 2. The summed E-state index contributed by atoms with van der Waals surface area (Å²) in [4.78, 5) is 13.3. The van der Waals surface area contributed by atoms with Crippen molar-refractivity contribution in [1.29, 1.82) is 0 Å². The summed E-state index contributed by atoms with van der Waals surface area (Å²) >= 11 is 1.49. The topological polar surface area (TPSA) is 106 Å². The van der Waals surface area contributed by atoms with Gasteiger partial charge in [-0.05, 0) is 37.6 Å². The van der Waals surface area contributed by atoms with E-state index in [1.807, 2.05) is 19.2 Å². The number of carbonyl (C=O) groups excluding carboxylic acids is 1. The van der Waals surface area contributed by atoms with Gasteiger partial charge in [-0.1, -0.05) is 0 Å². The van der Waals surface area contributed by atoms with Crippen LogP contribution in [0.5, 0.6) is 0 Å². The van der Waals surface area contributed by atoms with E-state index in [1.165, 1.54) is 26.5 Å². The Kier molecular flexibility index (Phi) is 5.72. The zero-order chi connectivity index (χ0) is 19.6. The molecule has 27 heavy (non-hydrogen) atoms. The zero-order valence-corrected chi connectivity index (χ0v) is 17.1. The van der Waals surface area contributed by atoms with Crippen molar-refractivity contribution in [2.45, 2.75) is 32.7 Å². The van der Waals surface area contributed by atoms with Crippen molar-refractivity contribution in [2.24, 2.45) is 7.05 Å². The second-order valence-electron chi connectivity index (χ2n) is 6.42. The van der Waals surface area contributed by atoms with Crippen LogP contribution < -0.4 is 14.3 Å². The van der Waals surface area contributed by atoms with Gasteiger partial charge in [0.25, 0.3) is 0 Å². The van der Waals surface area contributed by atoms with Crippen molar-refractivity contribution in [3.63, 3.8) is 0 Å². The van der Waals surface area contributed by atoms with Crippen LogP contribution in [0.25, 0.3) is 0 Å². The first kappa shape index (κ1) is 19.6. The number of hydrogen-bond acceptors (Lipinski definition) is 6. The third-order valence-corrected chi connectivity index (χ3v) is 6.85. The predicted octanol–water partition coefficient (Wildman–Crippen LogP) is 2.15. The first-order chi connectivity index (χ1) is 12.8. The van der Waals surface area contributed by atoms with Crippen molar-refractivity contribution in [3.05, 3.63) is 28.2 Å². The molecule has 0 atom stereocenters. The van der Waals surface area contributed by atoms with Crippen LogP contribution in [0, 0.1) is 13.8 Å². The van der Waals surface area contributed by atoms with Gasteiger partial charge in [-0.3, -0.25) is 4.68 Å². The minimum Gasteiger partial charge on any atom is -0.381 e. The molecular formula is C16H23N5O4S2. The summed E-state index contributed by atoms with van der Waals surface area (Å²) in [6.45, 7) is 4.66. The van der Waals surface area contributed by atoms with Gasteiger partial charge in [0.2, 0.25) is 0 Å². The van der Waals surface area contributed by atoms with Gasteiger partial charge in [0.15, 0.2) is 0 Å². The van der Waals surface area contributed by atoms with E-state index < -0.39 is 16.2 Å². The predicted molar refractivity (Wildman–Crippen MR) is 104 cm³/mol. The molecule has 2 amide bonds. The molecule has 0 spiro atoms. The van der Waals surface area contributed by atoms with Crippen LogP contribution >= 0.6 is 11.3 Å². The molecule has 0 aliphatic carbocycles. The summed E-state index contributed by atoms with van der Waals surface area (Å²) in [5.74, 6) is 0. The molecule has 0 unspecified atom stereocenters. The van der Waals surface area contributed by atoms with E-state index in [0.29, 0.717) is 37.4 Å². The number of hydrogen-bond donors (Lipinski definition) is 2. The number of amides is 2. The van der Waals surface area contributed by atoms with Gasteiger partial charge in [0, 0.05) is 31.3 Å². The van der Waals surface area contributed by atoms with E-state index in [4.69, 9.17) is 4.74 Å². The summed E-state index contributed by atoms with van der Waals surface area (Å²) < 4.78 is 36.3. The lowest BCUT2D eigenvalue weighted by Gasteiger charge is -2.33. The molecule has 11 heteroatoms. The average Bonchev–Trinajstić information content (AvgIpc) is 3.15. The number of aryl methyl sites for hydroxylation is 3. The molecular weight excluding hydrogens is 390 g/mol. The Morgan fingerprint density at radius 1 is 1.37 bits per heavy atom. The number of urea groups is 1. The lowest BCUT2D eigenvalue weighted by Crippen LogP contribution is -2.51. The van der Waals surface area contributed by atoms with E-state index >= 15 is 0 Å². The molecule has 2 aromatic rings. The van der Waals surface area contributed by atoms with Crippen molar-refractivity contribution in [3.8, 4) is 0 Å². The number of carbonyl (C=O) groups is 1. The Morgan fingerprint density at radius 3 is 2.63 bits per heavy atom. The molecule has 1 aliphatic heterocycles. The molecule has 3 heterocycles. The molecule has 0 bridgehead atoms. The molecule has 9 nitrogen and oxygen atoms in total. The minimum atomic E-state index is -4.12. The first-order valence-electron chi connectivity index (χ1n) is 8.52. The number of thiophene rings is 1. The maximum absolute atomic E-state index is 13.0. The Balaban J connectivity index is 1.82. The van der Waals surface area contributed by atoms with Gasteiger partial charge in [0.05, 0.1) is 23.6 Å². The van der Waals surface area contributed by atoms with Crippen LogP contribution in [0.2, 0.25) is 0 Å². The molecule has 1 aliphatic rings. The smallest absolute Gasteiger partial charge is 0.334 e. The molecule has 1 fully saturated rings. The lowest BCUT2D eigenvalue weighted by molar-refractivity contribution is 0.0875. The first-order valence-corrected chi connectivity index (χ1v) is 10.8. The Hall–Kier alpha value is -2.11. The SMILES string of the molecule is Cc1csc(C)c1NC(=O)NS(=O)(=O)N(c1cnn(C)c1)C1CCOCC1. The minimum absolute atomic E-state index is 0.308. The fourth-order valence-electron chi connectivity index (χ4n) is 3.05. The number of nitrogens with one attached hydrogen (secondary N) is 2. The third-order valence-electron chi connectivity index (χ3n) is 4.35. The number of rotatable bonds is 5. The normalized spacial score (nSPS) is 15.5. The highest BCUT2D eigenvalue weighted by Crippen LogP contribution is 2.27. The Bertz CT molecular complexity index is 896. The van der Waals surface area contributed by atoms with Crippen molar-refractivity contribution in [1.82, 2.24) is 14.5 Å². The standard InChI is InChI=1S/C16H23N5O4S2/c1-11-10-26-12(2)15(11)18-16(22)19-27(23,24)21(13-4-6-25-7-5-13)14-8-17-20(3)9-14/h8-10,13H,4-7H2,1-3H3,(H2,18,19,22). The fourth-order valence-corrected chi connectivity index (χ4v) is 5.21. The van der Waals surface area contributed by atoms with E-state index in [0.717, 1.165) is 10.4 Å².